The molecule has 0 amide bonds. The van der Waals surface area contributed by atoms with Gasteiger partial charge in [-0.05, 0) is 19.4 Å². The first-order chi connectivity index (χ1) is 11.5. The number of ether oxygens (including phenoxy) is 2. The molecule has 6 nitrogen and oxygen atoms in total. The van der Waals surface area contributed by atoms with Crippen molar-refractivity contribution in [2.45, 2.75) is 19.8 Å². The monoisotopic (exact) mass is 326 g/mol. The SMILES string of the molecule is CCOC(=O)C1=C(N)Oc2cc(C)[nH]c(=O)c2[C@H]1c1ccccc1. The van der Waals surface area contributed by atoms with Gasteiger partial charge in [-0.15, -0.1) is 0 Å². The van der Waals surface area contributed by atoms with Gasteiger partial charge < -0.3 is 20.2 Å². The number of aryl methyl sites for hydroxylation is 1. The standard InChI is InChI=1S/C18H18N2O4/c1-3-23-18(22)15-13(11-7-5-4-6-8-11)14-12(24-16(15)19)9-10(2)20-17(14)21/h4-9,13H,3,19H2,1-2H3,(H,20,21)/t13-/m1/s1. The van der Waals surface area contributed by atoms with Crippen molar-refractivity contribution in [1.82, 2.24) is 4.98 Å². The number of hydrogen-bond donors (Lipinski definition) is 2. The summed E-state index contributed by atoms with van der Waals surface area (Å²) >= 11 is 0. The molecule has 2 heterocycles. The molecule has 0 saturated heterocycles. The van der Waals surface area contributed by atoms with E-state index < -0.39 is 11.9 Å². The molecule has 1 aliphatic heterocycles. The Labute approximate surface area is 138 Å². The zero-order valence-corrected chi connectivity index (χ0v) is 13.5. The Morgan fingerprint density at radius 1 is 1.33 bits per heavy atom. The lowest BCUT2D eigenvalue weighted by molar-refractivity contribution is -0.139. The zero-order valence-electron chi connectivity index (χ0n) is 13.5. The van der Waals surface area contributed by atoms with Gasteiger partial charge in [0.05, 0.1) is 18.1 Å². The number of aromatic amines is 1. The normalized spacial score (nSPS) is 16.3. The highest BCUT2D eigenvalue weighted by molar-refractivity contribution is 5.92. The summed E-state index contributed by atoms with van der Waals surface area (Å²) in [5, 5.41) is 0. The first-order valence-electron chi connectivity index (χ1n) is 7.66. The van der Waals surface area contributed by atoms with Crippen molar-refractivity contribution in [3.8, 4) is 5.75 Å². The number of aromatic nitrogens is 1. The minimum Gasteiger partial charge on any atom is -0.462 e. The predicted molar refractivity (Wildman–Crippen MR) is 88.6 cm³/mol. The number of pyridine rings is 1. The molecule has 2 aromatic rings. The van der Waals surface area contributed by atoms with Crippen LogP contribution in [-0.2, 0) is 9.53 Å². The Morgan fingerprint density at radius 3 is 2.71 bits per heavy atom. The van der Waals surface area contributed by atoms with E-state index in [9.17, 15) is 9.59 Å². The largest absolute Gasteiger partial charge is 0.462 e. The molecule has 3 rings (SSSR count). The van der Waals surface area contributed by atoms with Gasteiger partial charge in [-0.25, -0.2) is 4.79 Å². The second-order valence-corrected chi connectivity index (χ2v) is 5.50. The molecule has 0 spiro atoms. The highest BCUT2D eigenvalue weighted by Crippen LogP contribution is 2.40. The van der Waals surface area contributed by atoms with Crippen molar-refractivity contribution < 1.29 is 14.3 Å². The van der Waals surface area contributed by atoms with Crippen molar-refractivity contribution in [3.05, 3.63) is 75.0 Å². The molecule has 0 bridgehead atoms. The zero-order chi connectivity index (χ0) is 17.3. The topological polar surface area (TPSA) is 94.4 Å². The predicted octanol–water partition coefficient (Wildman–Crippen LogP) is 1.94. The molecular formula is C18H18N2O4. The lowest BCUT2D eigenvalue weighted by Crippen LogP contribution is -2.32. The minimum atomic E-state index is -0.640. The Kier molecular flexibility index (Phi) is 4.12. The summed E-state index contributed by atoms with van der Waals surface area (Å²) in [5.74, 6) is -0.914. The maximum atomic E-state index is 12.6. The van der Waals surface area contributed by atoms with Crippen molar-refractivity contribution in [3.63, 3.8) is 0 Å². The number of nitrogens with one attached hydrogen (secondary N) is 1. The van der Waals surface area contributed by atoms with E-state index in [-0.39, 0.29) is 23.6 Å². The van der Waals surface area contributed by atoms with E-state index >= 15 is 0 Å². The Hall–Kier alpha value is -3.02. The van der Waals surface area contributed by atoms with Crippen molar-refractivity contribution >= 4 is 5.97 Å². The van der Waals surface area contributed by atoms with Crippen LogP contribution in [0.3, 0.4) is 0 Å². The lowest BCUT2D eigenvalue weighted by atomic mass is 9.83. The van der Waals surface area contributed by atoms with E-state index in [1.54, 1.807) is 19.9 Å². The summed E-state index contributed by atoms with van der Waals surface area (Å²) in [7, 11) is 0. The highest BCUT2D eigenvalue weighted by atomic mass is 16.5. The van der Waals surface area contributed by atoms with E-state index in [2.05, 4.69) is 4.98 Å². The number of rotatable bonds is 3. The van der Waals surface area contributed by atoms with E-state index in [0.717, 1.165) is 5.56 Å². The third kappa shape index (κ3) is 2.67. The second kappa shape index (κ2) is 6.23. The molecule has 1 atom stereocenters. The smallest absolute Gasteiger partial charge is 0.340 e. The van der Waals surface area contributed by atoms with Crippen LogP contribution in [-0.4, -0.2) is 17.6 Å². The van der Waals surface area contributed by atoms with Gasteiger partial charge in [-0.3, -0.25) is 4.79 Å². The van der Waals surface area contributed by atoms with E-state index in [1.807, 2.05) is 30.3 Å². The summed E-state index contributed by atoms with van der Waals surface area (Å²) in [6.07, 6.45) is 0. The Balaban J connectivity index is 2.26. The fourth-order valence-electron chi connectivity index (χ4n) is 2.89. The Morgan fingerprint density at radius 2 is 2.04 bits per heavy atom. The number of fused-ring (bicyclic) bond motifs is 1. The highest BCUT2D eigenvalue weighted by Gasteiger charge is 2.37. The van der Waals surface area contributed by atoms with Crippen LogP contribution < -0.4 is 16.0 Å². The summed E-state index contributed by atoms with van der Waals surface area (Å²) in [4.78, 5) is 27.7. The molecule has 3 N–H and O–H groups in total. The summed E-state index contributed by atoms with van der Waals surface area (Å²) in [5.41, 5.74) is 7.60. The maximum Gasteiger partial charge on any atom is 0.340 e. The number of carbonyl (C=O) groups is 1. The molecule has 24 heavy (non-hydrogen) atoms. The molecule has 1 aromatic carbocycles. The first kappa shape index (κ1) is 15.9. The molecule has 0 fully saturated rings. The number of nitrogens with two attached hydrogens (primary N) is 1. The summed E-state index contributed by atoms with van der Waals surface area (Å²) in [6, 6.07) is 10.9. The third-order valence-corrected chi connectivity index (χ3v) is 3.86. The molecular weight excluding hydrogens is 308 g/mol. The quantitative estimate of drug-likeness (QED) is 0.841. The van der Waals surface area contributed by atoms with Crippen LogP contribution in [0.4, 0.5) is 0 Å². The van der Waals surface area contributed by atoms with Gasteiger partial charge in [0.1, 0.15) is 11.3 Å². The van der Waals surface area contributed by atoms with Gasteiger partial charge >= 0.3 is 5.97 Å². The maximum absolute atomic E-state index is 12.6. The molecule has 0 aliphatic carbocycles. The second-order valence-electron chi connectivity index (χ2n) is 5.50. The Bertz CT molecular complexity index is 868. The molecule has 124 valence electrons. The van der Waals surface area contributed by atoms with E-state index in [0.29, 0.717) is 17.0 Å². The average molecular weight is 326 g/mol. The van der Waals surface area contributed by atoms with Crippen molar-refractivity contribution in [2.24, 2.45) is 5.73 Å². The van der Waals surface area contributed by atoms with Crippen LogP contribution in [0.2, 0.25) is 0 Å². The van der Waals surface area contributed by atoms with Gasteiger partial charge in [-0.1, -0.05) is 30.3 Å². The fraction of sp³-hybridized carbons (Fsp3) is 0.222. The molecule has 0 unspecified atom stereocenters. The van der Waals surface area contributed by atoms with Crippen LogP contribution in [0.15, 0.2) is 52.6 Å². The van der Waals surface area contributed by atoms with Gasteiger partial charge in [-0.2, -0.15) is 0 Å². The van der Waals surface area contributed by atoms with E-state index in [1.165, 1.54) is 0 Å². The third-order valence-electron chi connectivity index (χ3n) is 3.86. The van der Waals surface area contributed by atoms with E-state index in [4.69, 9.17) is 15.2 Å². The minimum absolute atomic E-state index is 0.0418. The molecule has 0 saturated carbocycles. The van der Waals surface area contributed by atoms with Crippen LogP contribution in [0.25, 0.3) is 0 Å². The lowest BCUT2D eigenvalue weighted by Gasteiger charge is -2.27. The van der Waals surface area contributed by atoms with Crippen molar-refractivity contribution in [1.29, 1.82) is 0 Å². The van der Waals surface area contributed by atoms with Crippen LogP contribution in [0.5, 0.6) is 5.75 Å². The average Bonchev–Trinajstić information content (AvgIpc) is 2.54. The summed E-state index contributed by atoms with van der Waals surface area (Å²) in [6.45, 7) is 3.66. The number of hydrogen-bond acceptors (Lipinski definition) is 5. The number of esters is 1. The van der Waals surface area contributed by atoms with Crippen LogP contribution in [0, 0.1) is 6.92 Å². The molecule has 1 aliphatic rings. The molecule has 6 heteroatoms. The van der Waals surface area contributed by atoms with Crippen LogP contribution >= 0.6 is 0 Å². The van der Waals surface area contributed by atoms with Crippen LogP contribution in [0.1, 0.15) is 29.7 Å². The first-order valence-corrected chi connectivity index (χ1v) is 7.66. The number of carbonyl (C=O) groups excluding carboxylic acids is 1. The van der Waals surface area contributed by atoms with Crippen molar-refractivity contribution in [2.75, 3.05) is 6.61 Å². The molecule has 1 aromatic heterocycles. The van der Waals surface area contributed by atoms with Gasteiger partial charge in [0, 0.05) is 11.8 Å². The van der Waals surface area contributed by atoms with Gasteiger partial charge in [0.2, 0.25) is 5.88 Å². The summed E-state index contributed by atoms with van der Waals surface area (Å²) < 4.78 is 10.7. The van der Waals surface area contributed by atoms with Gasteiger partial charge in [0.25, 0.3) is 5.56 Å². The number of benzene rings is 1. The molecule has 0 radical (unpaired) electrons. The number of H-pyrrole nitrogens is 1. The fourth-order valence-corrected chi connectivity index (χ4v) is 2.89. The van der Waals surface area contributed by atoms with Gasteiger partial charge in [0.15, 0.2) is 0 Å².